The lowest BCUT2D eigenvalue weighted by Crippen LogP contribution is -2.37. The number of nitrogens with zero attached hydrogens (tertiary/aromatic N) is 3. The van der Waals surface area contributed by atoms with Crippen molar-refractivity contribution in [2.75, 3.05) is 26.2 Å². The van der Waals surface area contributed by atoms with E-state index in [1.54, 1.807) is 12.1 Å². The zero-order chi connectivity index (χ0) is 24.7. The van der Waals surface area contributed by atoms with Crippen LogP contribution in [0.3, 0.4) is 0 Å². The summed E-state index contributed by atoms with van der Waals surface area (Å²) in [6, 6.07) is 25.3. The second-order valence-corrected chi connectivity index (χ2v) is 10.2. The van der Waals surface area contributed by atoms with Crippen molar-refractivity contribution in [1.82, 2.24) is 9.62 Å². The zero-order valence-electron chi connectivity index (χ0n) is 19.2. The third-order valence-corrected chi connectivity index (χ3v) is 7.51. The van der Waals surface area contributed by atoms with Gasteiger partial charge in [-0.05, 0) is 79.0 Å². The molecule has 1 heterocycles. The molecule has 7 nitrogen and oxygen atoms in total. The van der Waals surface area contributed by atoms with E-state index in [-0.39, 0.29) is 10.9 Å². The topological polar surface area (TPSA) is 106 Å². The fraction of sp³-hybridized carbons (Fsp3) is 0.259. The van der Waals surface area contributed by atoms with Gasteiger partial charge >= 0.3 is 0 Å². The first-order valence-electron chi connectivity index (χ1n) is 11.4. The lowest BCUT2D eigenvalue weighted by atomic mass is 10.0. The molecule has 1 fully saturated rings. The predicted molar refractivity (Wildman–Crippen MR) is 133 cm³/mol. The normalized spacial score (nSPS) is 15.9. The maximum Gasteiger partial charge on any atom is 0.240 e. The average Bonchev–Trinajstić information content (AvgIpc) is 3.33. The highest BCUT2D eigenvalue weighted by atomic mass is 32.2. The van der Waals surface area contributed by atoms with E-state index in [1.165, 1.54) is 24.3 Å². The van der Waals surface area contributed by atoms with Crippen molar-refractivity contribution in [3.63, 3.8) is 0 Å². The van der Waals surface area contributed by atoms with Crippen LogP contribution >= 0.6 is 0 Å². The highest BCUT2D eigenvalue weighted by molar-refractivity contribution is 7.89. The number of sulfonamides is 1. The minimum Gasteiger partial charge on any atom is -0.494 e. The van der Waals surface area contributed by atoms with Crippen molar-refractivity contribution < 1.29 is 13.2 Å². The molecular formula is C27H26N4O3S. The first kappa shape index (κ1) is 24.4. The molecule has 0 saturated carbocycles. The molecule has 0 aliphatic carbocycles. The Kier molecular flexibility index (Phi) is 7.79. The molecule has 1 atom stereocenters. The Morgan fingerprint density at radius 3 is 2.06 bits per heavy atom. The smallest absolute Gasteiger partial charge is 0.240 e. The molecule has 1 aliphatic rings. The van der Waals surface area contributed by atoms with Crippen LogP contribution in [0.25, 0.3) is 11.1 Å². The van der Waals surface area contributed by atoms with Gasteiger partial charge in [-0.15, -0.1) is 0 Å². The van der Waals surface area contributed by atoms with E-state index in [1.807, 2.05) is 42.5 Å². The molecule has 35 heavy (non-hydrogen) atoms. The molecule has 8 heteroatoms. The van der Waals surface area contributed by atoms with Crippen LogP contribution in [-0.2, 0) is 10.0 Å². The molecule has 0 spiro atoms. The van der Waals surface area contributed by atoms with Gasteiger partial charge in [0.05, 0.1) is 34.8 Å². The second kappa shape index (κ2) is 11.2. The van der Waals surface area contributed by atoms with Crippen LogP contribution in [0, 0.1) is 22.7 Å². The second-order valence-electron chi connectivity index (χ2n) is 8.46. The molecule has 3 aromatic carbocycles. The molecule has 0 radical (unpaired) electrons. The number of hydrogen-bond acceptors (Lipinski definition) is 6. The highest BCUT2D eigenvalue weighted by Gasteiger charge is 2.27. The molecule has 1 N–H and O–H groups in total. The van der Waals surface area contributed by atoms with E-state index in [2.05, 4.69) is 15.7 Å². The van der Waals surface area contributed by atoms with Crippen molar-refractivity contribution in [3.8, 4) is 29.0 Å². The van der Waals surface area contributed by atoms with Gasteiger partial charge in [-0.2, -0.15) is 10.5 Å². The van der Waals surface area contributed by atoms with Crippen LogP contribution in [0.15, 0.2) is 77.7 Å². The van der Waals surface area contributed by atoms with E-state index in [4.69, 9.17) is 15.3 Å². The van der Waals surface area contributed by atoms with Gasteiger partial charge < -0.3 is 9.64 Å². The van der Waals surface area contributed by atoms with Gasteiger partial charge in [0.15, 0.2) is 0 Å². The third kappa shape index (κ3) is 6.46. The molecule has 0 bridgehead atoms. The summed E-state index contributed by atoms with van der Waals surface area (Å²) >= 11 is 0. The molecule has 1 saturated heterocycles. The summed E-state index contributed by atoms with van der Waals surface area (Å²) in [5.74, 6) is 0.803. The molecule has 0 amide bonds. The SMILES string of the molecule is N#Cc1ccc(-c2ccc(OCCCN3CC[C@@H](NS(=O)(=O)c4ccc(C#N)cc4)C3)cc2)cc1. The van der Waals surface area contributed by atoms with E-state index >= 15 is 0 Å². The quantitative estimate of drug-likeness (QED) is 0.460. The molecular weight excluding hydrogens is 460 g/mol. The Hall–Kier alpha value is -3.69. The van der Waals surface area contributed by atoms with E-state index in [0.29, 0.717) is 24.3 Å². The van der Waals surface area contributed by atoms with Gasteiger partial charge in [0.25, 0.3) is 0 Å². The highest BCUT2D eigenvalue weighted by Crippen LogP contribution is 2.23. The number of rotatable bonds is 9. The summed E-state index contributed by atoms with van der Waals surface area (Å²) < 4.78 is 33.9. The molecule has 3 aromatic rings. The monoisotopic (exact) mass is 486 g/mol. The predicted octanol–water partition coefficient (Wildman–Crippen LogP) is 3.92. The molecule has 0 unspecified atom stereocenters. The Morgan fingerprint density at radius 2 is 1.46 bits per heavy atom. The molecule has 4 rings (SSSR count). The summed E-state index contributed by atoms with van der Waals surface area (Å²) in [5.41, 5.74) is 3.18. The maximum absolute atomic E-state index is 12.6. The van der Waals surface area contributed by atoms with Gasteiger partial charge in [-0.25, -0.2) is 13.1 Å². The minimum atomic E-state index is -3.61. The Balaban J connectivity index is 1.19. The minimum absolute atomic E-state index is 0.133. The fourth-order valence-corrected chi connectivity index (χ4v) is 5.35. The Bertz CT molecular complexity index is 1320. The Morgan fingerprint density at radius 1 is 0.886 bits per heavy atom. The van der Waals surface area contributed by atoms with Crippen LogP contribution in [0.2, 0.25) is 0 Å². The van der Waals surface area contributed by atoms with Gasteiger partial charge in [-0.3, -0.25) is 0 Å². The summed E-state index contributed by atoms with van der Waals surface area (Å²) in [6.07, 6.45) is 1.60. The van der Waals surface area contributed by atoms with Crippen LogP contribution in [-0.4, -0.2) is 45.6 Å². The van der Waals surface area contributed by atoms with Gasteiger partial charge in [0, 0.05) is 19.1 Å². The molecule has 1 aliphatic heterocycles. The van der Waals surface area contributed by atoms with Gasteiger partial charge in [0.1, 0.15) is 5.75 Å². The van der Waals surface area contributed by atoms with Crippen molar-refractivity contribution >= 4 is 10.0 Å². The van der Waals surface area contributed by atoms with Crippen molar-refractivity contribution in [1.29, 1.82) is 10.5 Å². The number of benzene rings is 3. The van der Waals surface area contributed by atoms with Gasteiger partial charge in [0.2, 0.25) is 10.0 Å². The lowest BCUT2D eigenvalue weighted by molar-refractivity contribution is 0.261. The average molecular weight is 487 g/mol. The molecule has 0 aromatic heterocycles. The zero-order valence-corrected chi connectivity index (χ0v) is 20.0. The van der Waals surface area contributed by atoms with Crippen LogP contribution < -0.4 is 9.46 Å². The van der Waals surface area contributed by atoms with E-state index in [9.17, 15) is 8.42 Å². The summed E-state index contributed by atoms with van der Waals surface area (Å²) in [7, 11) is -3.61. The van der Waals surface area contributed by atoms with Crippen LogP contribution in [0.1, 0.15) is 24.0 Å². The van der Waals surface area contributed by atoms with Gasteiger partial charge in [-0.1, -0.05) is 24.3 Å². The number of hydrogen-bond donors (Lipinski definition) is 1. The van der Waals surface area contributed by atoms with Crippen molar-refractivity contribution in [2.24, 2.45) is 0 Å². The largest absolute Gasteiger partial charge is 0.494 e. The maximum atomic E-state index is 12.6. The fourth-order valence-electron chi connectivity index (χ4n) is 4.09. The number of nitriles is 2. The number of likely N-dealkylation sites (tertiary alicyclic amines) is 1. The lowest BCUT2D eigenvalue weighted by Gasteiger charge is -2.17. The number of nitrogens with one attached hydrogen (secondary N) is 1. The summed E-state index contributed by atoms with van der Waals surface area (Å²) in [5, 5.41) is 17.8. The van der Waals surface area contributed by atoms with Crippen molar-refractivity contribution in [2.45, 2.75) is 23.8 Å². The number of ether oxygens (including phenoxy) is 1. The summed E-state index contributed by atoms with van der Waals surface area (Å²) in [6.45, 7) is 2.90. The van der Waals surface area contributed by atoms with Crippen LogP contribution in [0.4, 0.5) is 0 Å². The first-order valence-corrected chi connectivity index (χ1v) is 12.9. The third-order valence-electron chi connectivity index (χ3n) is 5.98. The van der Waals surface area contributed by atoms with E-state index in [0.717, 1.165) is 42.8 Å². The van der Waals surface area contributed by atoms with Crippen molar-refractivity contribution in [3.05, 3.63) is 83.9 Å². The first-order chi connectivity index (χ1) is 17.0. The summed E-state index contributed by atoms with van der Waals surface area (Å²) in [4.78, 5) is 2.41. The molecule has 178 valence electrons. The standard InChI is InChI=1S/C27H26N4O3S/c28-18-21-2-6-23(7-3-21)24-8-10-26(11-9-24)34-17-1-15-31-16-14-25(20-31)30-35(32,33)27-12-4-22(19-29)5-13-27/h2-13,25,30H,1,14-17,20H2/t25-/m1/s1. The van der Waals surface area contributed by atoms with E-state index < -0.39 is 10.0 Å². The van der Waals surface area contributed by atoms with Crippen LogP contribution in [0.5, 0.6) is 5.75 Å². The Labute approximate surface area is 206 Å².